The van der Waals surface area contributed by atoms with E-state index in [1.165, 1.54) is 9.44 Å². The standard InChI is InChI=1S/C21H22Cl2N4O2S/c1-26(2)10-17-25-20-19(13-5-3-4-6-16(13)30-20)21(29)27(17)11-18(28)24-15-9-12(22)7-8-14(15)23/h7-9H,3-6,10-11H2,1-2H3,(H,24,28). The van der Waals surface area contributed by atoms with E-state index in [1.54, 1.807) is 29.5 Å². The van der Waals surface area contributed by atoms with Crippen LogP contribution in [-0.2, 0) is 30.7 Å². The first kappa shape index (κ1) is 21.3. The van der Waals surface area contributed by atoms with E-state index in [-0.39, 0.29) is 18.0 Å². The van der Waals surface area contributed by atoms with Gasteiger partial charge in [0.25, 0.3) is 5.56 Å². The summed E-state index contributed by atoms with van der Waals surface area (Å²) in [5, 5.41) is 4.28. The number of hydrogen-bond donors (Lipinski definition) is 1. The number of carbonyl (C=O) groups is 1. The van der Waals surface area contributed by atoms with Gasteiger partial charge in [0, 0.05) is 9.90 Å². The number of nitrogens with one attached hydrogen (secondary N) is 1. The summed E-state index contributed by atoms with van der Waals surface area (Å²) >= 11 is 13.8. The molecule has 0 saturated carbocycles. The Labute approximate surface area is 188 Å². The number of hydrogen-bond acceptors (Lipinski definition) is 5. The second-order valence-electron chi connectivity index (χ2n) is 7.72. The largest absolute Gasteiger partial charge is 0.323 e. The smallest absolute Gasteiger partial charge is 0.263 e. The van der Waals surface area contributed by atoms with Crippen molar-refractivity contribution in [3.63, 3.8) is 0 Å². The third kappa shape index (κ3) is 4.25. The van der Waals surface area contributed by atoms with Gasteiger partial charge in [0.15, 0.2) is 0 Å². The van der Waals surface area contributed by atoms with Crippen molar-refractivity contribution < 1.29 is 4.79 Å². The average Bonchev–Trinajstić information content (AvgIpc) is 3.05. The van der Waals surface area contributed by atoms with Crippen molar-refractivity contribution in [3.05, 3.63) is 54.9 Å². The van der Waals surface area contributed by atoms with Crippen LogP contribution in [0.15, 0.2) is 23.0 Å². The molecule has 0 unspecified atom stereocenters. The second-order valence-corrected chi connectivity index (χ2v) is 9.65. The Morgan fingerprint density at radius 3 is 2.80 bits per heavy atom. The van der Waals surface area contributed by atoms with Gasteiger partial charge in [0.05, 0.1) is 22.6 Å². The quantitative estimate of drug-likeness (QED) is 0.609. The van der Waals surface area contributed by atoms with Crippen molar-refractivity contribution in [3.8, 4) is 0 Å². The number of fused-ring (bicyclic) bond motifs is 3. The highest BCUT2D eigenvalue weighted by Gasteiger charge is 2.23. The molecular formula is C21H22Cl2N4O2S. The fraction of sp³-hybridized carbons (Fsp3) is 0.381. The number of carbonyl (C=O) groups excluding carboxylic acids is 1. The van der Waals surface area contributed by atoms with E-state index in [1.807, 2.05) is 19.0 Å². The molecule has 0 fully saturated rings. The Hall–Kier alpha value is -1.93. The zero-order valence-electron chi connectivity index (χ0n) is 16.8. The Balaban J connectivity index is 1.74. The van der Waals surface area contributed by atoms with E-state index >= 15 is 0 Å². The van der Waals surface area contributed by atoms with E-state index in [0.29, 0.717) is 33.5 Å². The maximum Gasteiger partial charge on any atom is 0.263 e. The Morgan fingerprint density at radius 1 is 1.27 bits per heavy atom. The van der Waals surface area contributed by atoms with Crippen LogP contribution < -0.4 is 10.9 Å². The molecule has 158 valence electrons. The molecule has 2 heterocycles. The maximum atomic E-state index is 13.5. The summed E-state index contributed by atoms with van der Waals surface area (Å²) < 4.78 is 1.48. The van der Waals surface area contributed by atoms with E-state index in [9.17, 15) is 9.59 Å². The van der Waals surface area contributed by atoms with Crippen molar-refractivity contribution in [2.75, 3.05) is 19.4 Å². The van der Waals surface area contributed by atoms with Crippen LogP contribution in [0.4, 0.5) is 5.69 Å². The average molecular weight is 465 g/mol. The zero-order chi connectivity index (χ0) is 21.4. The zero-order valence-corrected chi connectivity index (χ0v) is 19.1. The summed E-state index contributed by atoms with van der Waals surface area (Å²) in [6.07, 6.45) is 4.10. The van der Waals surface area contributed by atoms with Gasteiger partial charge >= 0.3 is 0 Å². The first-order valence-electron chi connectivity index (χ1n) is 9.77. The predicted octanol–water partition coefficient (Wildman–Crippen LogP) is 4.34. The SMILES string of the molecule is CN(C)Cc1nc2sc3c(c2c(=O)n1CC(=O)Nc1cc(Cl)ccc1Cl)CCCC3. The van der Waals surface area contributed by atoms with Gasteiger partial charge in [-0.2, -0.15) is 0 Å². The van der Waals surface area contributed by atoms with Gasteiger partial charge in [-0.05, 0) is 63.5 Å². The van der Waals surface area contributed by atoms with Gasteiger partial charge in [-0.3, -0.25) is 14.2 Å². The van der Waals surface area contributed by atoms with Crippen LogP contribution in [-0.4, -0.2) is 34.5 Å². The summed E-state index contributed by atoms with van der Waals surface area (Å²) in [5.74, 6) is 0.218. The molecule has 3 aromatic rings. The molecule has 30 heavy (non-hydrogen) atoms. The lowest BCUT2D eigenvalue weighted by atomic mass is 9.97. The van der Waals surface area contributed by atoms with E-state index < -0.39 is 0 Å². The molecule has 0 atom stereocenters. The topological polar surface area (TPSA) is 67.2 Å². The van der Waals surface area contributed by atoms with Crippen LogP contribution >= 0.6 is 34.5 Å². The van der Waals surface area contributed by atoms with Crippen molar-refractivity contribution in [1.29, 1.82) is 0 Å². The fourth-order valence-corrected chi connectivity index (χ4v) is 5.38. The normalized spacial score (nSPS) is 13.6. The van der Waals surface area contributed by atoms with Gasteiger partial charge in [-0.1, -0.05) is 23.2 Å². The highest BCUT2D eigenvalue weighted by molar-refractivity contribution is 7.18. The Kier molecular flexibility index (Phi) is 6.16. The van der Waals surface area contributed by atoms with Crippen LogP contribution in [0.1, 0.15) is 29.1 Å². The number of aromatic nitrogens is 2. The van der Waals surface area contributed by atoms with Crippen molar-refractivity contribution in [2.24, 2.45) is 0 Å². The number of aryl methyl sites for hydroxylation is 2. The van der Waals surface area contributed by atoms with Gasteiger partial charge in [0.2, 0.25) is 5.91 Å². The third-order valence-corrected chi connectivity index (χ3v) is 6.87. The summed E-state index contributed by atoms with van der Waals surface area (Å²) in [6, 6.07) is 4.85. The number of halogens is 2. The number of benzene rings is 1. The summed E-state index contributed by atoms with van der Waals surface area (Å²) in [4.78, 5) is 35.0. The molecule has 0 spiro atoms. The predicted molar refractivity (Wildman–Crippen MR) is 123 cm³/mol. The molecule has 0 radical (unpaired) electrons. The second kappa shape index (κ2) is 8.67. The lowest BCUT2D eigenvalue weighted by molar-refractivity contribution is -0.116. The molecule has 0 bridgehead atoms. The van der Waals surface area contributed by atoms with Crippen molar-refractivity contribution in [1.82, 2.24) is 14.5 Å². The monoisotopic (exact) mass is 464 g/mol. The molecular weight excluding hydrogens is 443 g/mol. The fourth-order valence-electron chi connectivity index (χ4n) is 3.77. The molecule has 2 aromatic heterocycles. The molecule has 1 N–H and O–H groups in total. The molecule has 0 saturated heterocycles. The number of anilines is 1. The molecule has 9 heteroatoms. The third-order valence-electron chi connectivity index (χ3n) is 5.12. The molecule has 1 aliphatic rings. The maximum absolute atomic E-state index is 13.5. The van der Waals surface area contributed by atoms with Crippen molar-refractivity contribution >= 4 is 56.3 Å². The van der Waals surface area contributed by atoms with E-state index in [0.717, 1.165) is 36.1 Å². The van der Waals surface area contributed by atoms with E-state index in [2.05, 4.69) is 5.32 Å². The minimum atomic E-state index is -0.355. The number of nitrogens with zero attached hydrogens (tertiary/aromatic N) is 3. The summed E-state index contributed by atoms with van der Waals surface area (Å²) in [5.41, 5.74) is 1.38. The van der Waals surface area contributed by atoms with Gasteiger partial charge in [0.1, 0.15) is 17.2 Å². The minimum absolute atomic E-state index is 0.140. The van der Waals surface area contributed by atoms with E-state index in [4.69, 9.17) is 28.2 Å². The Morgan fingerprint density at radius 2 is 2.03 bits per heavy atom. The lowest BCUT2D eigenvalue weighted by Crippen LogP contribution is -2.33. The molecule has 1 aliphatic carbocycles. The van der Waals surface area contributed by atoms with Crippen LogP contribution in [0.5, 0.6) is 0 Å². The molecule has 0 aliphatic heterocycles. The Bertz CT molecular complexity index is 1190. The van der Waals surface area contributed by atoms with Gasteiger partial charge in [-0.15, -0.1) is 11.3 Å². The summed E-state index contributed by atoms with van der Waals surface area (Å²) in [7, 11) is 3.82. The lowest BCUT2D eigenvalue weighted by Gasteiger charge is -2.16. The van der Waals surface area contributed by atoms with Crippen LogP contribution in [0.25, 0.3) is 10.2 Å². The minimum Gasteiger partial charge on any atom is -0.323 e. The highest BCUT2D eigenvalue weighted by Crippen LogP contribution is 2.34. The van der Waals surface area contributed by atoms with Gasteiger partial charge < -0.3 is 10.2 Å². The van der Waals surface area contributed by atoms with Crippen LogP contribution in [0.3, 0.4) is 0 Å². The van der Waals surface area contributed by atoms with Gasteiger partial charge in [-0.25, -0.2) is 4.98 Å². The number of rotatable bonds is 5. The first-order chi connectivity index (χ1) is 14.3. The molecule has 6 nitrogen and oxygen atoms in total. The highest BCUT2D eigenvalue weighted by atomic mass is 35.5. The first-order valence-corrected chi connectivity index (χ1v) is 11.3. The molecule has 4 rings (SSSR count). The summed E-state index contributed by atoms with van der Waals surface area (Å²) in [6.45, 7) is 0.317. The van der Waals surface area contributed by atoms with Crippen LogP contribution in [0, 0.1) is 0 Å². The van der Waals surface area contributed by atoms with Crippen molar-refractivity contribution in [2.45, 2.75) is 38.8 Å². The van der Waals surface area contributed by atoms with Crippen LogP contribution in [0.2, 0.25) is 10.0 Å². The molecule has 1 amide bonds. The molecule has 1 aromatic carbocycles. The number of amides is 1. The number of thiophene rings is 1.